The summed E-state index contributed by atoms with van der Waals surface area (Å²) in [5.74, 6) is 0.287. The fraction of sp³-hybridized carbons (Fsp3) is 0.0833. The lowest BCUT2D eigenvalue weighted by molar-refractivity contribution is 0.0925. The maximum Gasteiger partial charge on any atom is 0.210 e. The molecule has 0 fully saturated rings. The Labute approximate surface area is 123 Å². The minimum Gasteiger partial charge on any atom is -0.484 e. The third-order valence-electron chi connectivity index (χ3n) is 2.10. The smallest absolute Gasteiger partial charge is 0.210 e. The highest BCUT2D eigenvalue weighted by atomic mass is 35.5. The molecule has 1 aromatic heterocycles. The Bertz CT molecular complexity index is 580. The molecule has 6 heteroatoms. The summed E-state index contributed by atoms with van der Waals surface area (Å²) in [5.41, 5.74) is 0. The van der Waals surface area contributed by atoms with Crippen molar-refractivity contribution in [2.24, 2.45) is 0 Å². The molecule has 0 radical (unpaired) electrons. The molecule has 2 aromatic rings. The van der Waals surface area contributed by atoms with Crippen LogP contribution in [0.4, 0.5) is 0 Å². The Morgan fingerprint density at radius 1 is 1.17 bits per heavy atom. The molecule has 94 valence electrons. The third-order valence-corrected chi connectivity index (χ3v) is 3.90. The molecule has 0 spiro atoms. The molecule has 0 saturated carbocycles. The molecule has 0 bridgehead atoms. The van der Waals surface area contributed by atoms with Crippen LogP contribution >= 0.6 is 46.1 Å². The van der Waals surface area contributed by atoms with Gasteiger partial charge in [0.2, 0.25) is 5.78 Å². The highest BCUT2D eigenvalue weighted by Crippen LogP contribution is 2.28. The fourth-order valence-corrected chi connectivity index (χ4v) is 2.70. The quantitative estimate of drug-likeness (QED) is 0.743. The Hall–Kier alpha value is -0.740. The molecule has 0 amide bonds. The third kappa shape index (κ3) is 3.39. The number of carbonyl (C=O) groups excluding carboxylic acids is 1. The second kappa shape index (κ2) is 5.93. The molecule has 1 heterocycles. The van der Waals surface area contributed by atoms with E-state index in [1.54, 1.807) is 30.3 Å². The van der Waals surface area contributed by atoms with E-state index in [1.807, 2.05) is 0 Å². The van der Waals surface area contributed by atoms with Crippen LogP contribution in [0.3, 0.4) is 0 Å². The van der Waals surface area contributed by atoms with Gasteiger partial charge in [0, 0.05) is 5.02 Å². The summed E-state index contributed by atoms with van der Waals surface area (Å²) in [7, 11) is 0. The molecule has 0 saturated heterocycles. The molecule has 0 N–H and O–H groups in total. The molecule has 2 nitrogen and oxygen atoms in total. The van der Waals surface area contributed by atoms with Gasteiger partial charge in [0.25, 0.3) is 0 Å². The number of carbonyl (C=O) groups is 1. The van der Waals surface area contributed by atoms with Gasteiger partial charge in [-0.2, -0.15) is 0 Å². The summed E-state index contributed by atoms with van der Waals surface area (Å²) in [4.78, 5) is 12.3. The molecule has 0 aliphatic rings. The number of hydrogen-bond acceptors (Lipinski definition) is 3. The van der Waals surface area contributed by atoms with Crippen LogP contribution in [0, 0.1) is 0 Å². The zero-order chi connectivity index (χ0) is 13.1. The predicted molar refractivity (Wildman–Crippen MR) is 75.6 cm³/mol. The largest absolute Gasteiger partial charge is 0.484 e. The van der Waals surface area contributed by atoms with Crippen molar-refractivity contribution < 1.29 is 9.53 Å². The van der Waals surface area contributed by atoms with Gasteiger partial charge >= 0.3 is 0 Å². The van der Waals surface area contributed by atoms with Gasteiger partial charge in [-0.15, -0.1) is 11.3 Å². The van der Waals surface area contributed by atoms with E-state index in [0.717, 1.165) is 0 Å². The first kappa shape index (κ1) is 13.7. The van der Waals surface area contributed by atoms with Crippen molar-refractivity contribution in [3.05, 3.63) is 49.6 Å². The average molecular weight is 322 g/mol. The Morgan fingerprint density at radius 2 is 1.94 bits per heavy atom. The highest BCUT2D eigenvalue weighted by Gasteiger charge is 2.11. The summed E-state index contributed by atoms with van der Waals surface area (Å²) >= 11 is 18.7. The minimum atomic E-state index is -0.141. The van der Waals surface area contributed by atoms with Crippen molar-refractivity contribution in [2.45, 2.75) is 0 Å². The van der Waals surface area contributed by atoms with Crippen LogP contribution < -0.4 is 4.74 Å². The minimum absolute atomic E-state index is 0.0851. The molecule has 18 heavy (non-hydrogen) atoms. The number of hydrogen-bond donors (Lipinski definition) is 0. The van der Waals surface area contributed by atoms with Gasteiger partial charge in [0.15, 0.2) is 6.61 Å². The molecule has 2 rings (SSSR count). The topological polar surface area (TPSA) is 26.3 Å². The Morgan fingerprint density at radius 3 is 2.56 bits per heavy atom. The van der Waals surface area contributed by atoms with Gasteiger partial charge in [0.05, 0.1) is 14.2 Å². The van der Waals surface area contributed by atoms with E-state index in [0.29, 0.717) is 25.0 Å². The SMILES string of the molecule is O=C(COc1ccc(Cl)cc1Cl)c1ccc(Cl)s1. The van der Waals surface area contributed by atoms with Gasteiger partial charge in [-0.1, -0.05) is 34.8 Å². The van der Waals surface area contributed by atoms with Crippen molar-refractivity contribution in [3.63, 3.8) is 0 Å². The number of rotatable bonds is 4. The van der Waals surface area contributed by atoms with E-state index in [-0.39, 0.29) is 12.4 Å². The first-order chi connectivity index (χ1) is 8.56. The number of benzene rings is 1. The van der Waals surface area contributed by atoms with Crippen molar-refractivity contribution in [2.75, 3.05) is 6.61 Å². The lowest BCUT2D eigenvalue weighted by atomic mass is 10.3. The van der Waals surface area contributed by atoms with Crippen LogP contribution in [0.1, 0.15) is 9.67 Å². The lowest BCUT2D eigenvalue weighted by Crippen LogP contribution is -2.10. The number of ketones is 1. The summed E-state index contributed by atoms with van der Waals surface area (Å²) in [6, 6.07) is 8.18. The molecule has 0 atom stereocenters. The molecular formula is C12H7Cl3O2S. The normalized spacial score (nSPS) is 10.4. The van der Waals surface area contributed by atoms with E-state index in [2.05, 4.69) is 0 Å². The number of halogens is 3. The van der Waals surface area contributed by atoms with Crippen LogP contribution in [-0.2, 0) is 0 Å². The summed E-state index contributed by atoms with van der Waals surface area (Å²) < 4.78 is 5.91. The van der Waals surface area contributed by atoms with Crippen molar-refractivity contribution in [3.8, 4) is 5.75 Å². The number of thiophene rings is 1. The van der Waals surface area contributed by atoms with E-state index < -0.39 is 0 Å². The second-order valence-corrected chi connectivity index (χ2v) is 5.95. The maximum atomic E-state index is 11.8. The van der Waals surface area contributed by atoms with Crippen molar-refractivity contribution in [1.29, 1.82) is 0 Å². The van der Waals surface area contributed by atoms with Crippen LogP contribution in [0.5, 0.6) is 5.75 Å². The van der Waals surface area contributed by atoms with E-state index >= 15 is 0 Å². The zero-order valence-electron chi connectivity index (χ0n) is 8.95. The molecule has 1 aromatic carbocycles. The van der Waals surface area contributed by atoms with Gasteiger partial charge in [-0.3, -0.25) is 4.79 Å². The first-order valence-corrected chi connectivity index (χ1v) is 6.87. The molecule has 0 aliphatic carbocycles. The van der Waals surface area contributed by atoms with Crippen molar-refractivity contribution in [1.82, 2.24) is 0 Å². The molecule has 0 aliphatic heterocycles. The molecule has 0 unspecified atom stereocenters. The van der Waals surface area contributed by atoms with Crippen LogP contribution in [0.2, 0.25) is 14.4 Å². The zero-order valence-corrected chi connectivity index (χ0v) is 12.0. The lowest BCUT2D eigenvalue weighted by Gasteiger charge is -2.06. The summed E-state index contributed by atoms with van der Waals surface area (Å²) in [6.45, 7) is -0.0851. The Balaban J connectivity index is 2.01. The summed E-state index contributed by atoms with van der Waals surface area (Å²) in [6.07, 6.45) is 0. The highest BCUT2D eigenvalue weighted by molar-refractivity contribution is 7.18. The average Bonchev–Trinajstić information content (AvgIpc) is 2.74. The predicted octanol–water partition coefficient (Wildman–Crippen LogP) is 4.97. The monoisotopic (exact) mass is 320 g/mol. The number of Topliss-reactive ketones (excluding diaryl/α,β-unsaturated/α-hetero) is 1. The fourth-order valence-electron chi connectivity index (χ4n) is 1.27. The van der Waals surface area contributed by atoms with Gasteiger partial charge in [0.1, 0.15) is 5.75 Å². The van der Waals surface area contributed by atoms with E-state index in [4.69, 9.17) is 39.5 Å². The maximum absolute atomic E-state index is 11.8. The summed E-state index contributed by atoms with van der Waals surface area (Å²) in [5, 5.41) is 0.892. The van der Waals surface area contributed by atoms with Gasteiger partial charge < -0.3 is 4.74 Å². The van der Waals surface area contributed by atoms with E-state index in [9.17, 15) is 4.79 Å². The second-order valence-electron chi connectivity index (χ2n) is 3.39. The first-order valence-electron chi connectivity index (χ1n) is 4.92. The van der Waals surface area contributed by atoms with Crippen LogP contribution in [0.25, 0.3) is 0 Å². The van der Waals surface area contributed by atoms with Crippen molar-refractivity contribution >= 4 is 51.9 Å². The van der Waals surface area contributed by atoms with Gasteiger partial charge in [-0.25, -0.2) is 0 Å². The van der Waals surface area contributed by atoms with Crippen LogP contribution in [-0.4, -0.2) is 12.4 Å². The Kier molecular flexibility index (Phi) is 4.51. The number of ether oxygens (including phenoxy) is 1. The van der Waals surface area contributed by atoms with Gasteiger partial charge in [-0.05, 0) is 30.3 Å². The molecular weight excluding hydrogens is 315 g/mol. The van der Waals surface area contributed by atoms with Crippen LogP contribution in [0.15, 0.2) is 30.3 Å². The van der Waals surface area contributed by atoms with E-state index in [1.165, 1.54) is 11.3 Å². The standard InChI is InChI=1S/C12H7Cl3O2S/c13-7-1-2-10(8(14)5-7)17-6-9(16)11-3-4-12(15)18-11/h1-5H,6H2.